The average molecular weight is 176 g/mol. The summed E-state index contributed by atoms with van der Waals surface area (Å²) < 4.78 is 0. The molecule has 1 radical (unpaired) electrons. The highest BCUT2D eigenvalue weighted by atomic mass is 32.2. The van der Waals surface area contributed by atoms with Gasteiger partial charge in [0.25, 0.3) is 0 Å². The van der Waals surface area contributed by atoms with Gasteiger partial charge in [-0.25, -0.2) is 0 Å². The first-order valence-electron chi connectivity index (χ1n) is 3.90. The molecule has 2 rings (SSSR count). The third kappa shape index (κ3) is 1.48. The van der Waals surface area contributed by atoms with Crippen molar-refractivity contribution in [3.63, 3.8) is 0 Å². The third-order valence-corrected chi connectivity index (χ3v) is 2.83. The molecule has 1 nitrogen and oxygen atoms in total. The molecular weight excluding hydrogens is 166 g/mol. The fourth-order valence-corrected chi connectivity index (χ4v) is 2.04. The van der Waals surface area contributed by atoms with E-state index in [1.807, 2.05) is 18.2 Å². The second-order valence-electron chi connectivity index (χ2n) is 2.74. The first-order chi connectivity index (χ1) is 5.86. The van der Waals surface area contributed by atoms with Crippen molar-refractivity contribution in [1.29, 1.82) is 0 Å². The lowest BCUT2D eigenvalue weighted by molar-refractivity contribution is 1.22. The van der Waals surface area contributed by atoms with E-state index in [4.69, 9.17) is 5.73 Å². The standard InChI is InChI=1S/C10H10NS/c11-9-4-1-3-8(7-9)10-5-2-6-12-10/h1-4,6-7H,5,11H2. The lowest BCUT2D eigenvalue weighted by atomic mass is 10.1. The van der Waals surface area contributed by atoms with Gasteiger partial charge in [-0.05, 0) is 29.5 Å². The number of hydrogen-bond acceptors (Lipinski definition) is 2. The van der Waals surface area contributed by atoms with Gasteiger partial charge in [0.15, 0.2) is 0 Å². The van der Waals surface area contributed by atoms with Gasteiger partial charge in [0.05, 0.1) is 5.25 Å². The first-order valence-corrected chi connectivity index (χ1v) is 4.77. The Labute approximate surface area is 76.7 Å². The Bertz CT molecular complexity index is 298. The maximum Gasteiger partial charge on any atom is 0.0678 e. The van der Waals surface area contributed by atoms with Crippen LogP contribution in [0.2, 0.25) is 0 Å². The van der Waals surface area contributed by atoms with E-state index >= 15 is 0 Å². The number of nitrogen functional groups attached to an aromatic ring is 1. The minimum atomic E-state index is 0.840. The molecule has 12 heavy (non-hydrogen) atoms. The molecule has 0 amide bonds. The van der Waals surface area contributed by atoms with E-state index in [0.717, 1.165) is 12.1 Å². The second kappa shape index (κ2) is 3.23. The number of nitrogens with two attached hydrogens (primary N) is 1. The van der Waals surface area contributed by atoms with Crippen LogP contribution in [-0.4, -0.2) is 0 Å². The van der Waals surface area contributed by atoms with Crippen LogP contribution >= 0.6 is 11.8 Å². The van der Waals surface area contributed by atoms with Crippen LogP contribution in [0, 0.1) is 5.25 Å². The van der Waals surface area contributed by atoms with E-state index in [2.05, 4.69) is 17.6 Å². The van der Waals surface area contributed by atoms with Crippen LogP contribution in [0.1, 0.15) is 12.0 Å². The average Bonchev–Trinajstić information content (AvgIpc) is 2.56. The van der Waals surface area contributed by atoms with Gasteiger partial charge in [-0.2, -0.15) is 0 Å². The maximum atomic E-state index is 5.68. The number of thioether (sulfide) groups is 1. The molecule has 0 atom stereocenters. The molecule has 2 N–H and O–H groups in total. The highest BCUT2D eigenvalue weighted by Gasteiger charge is 2.13. The Morgan fingerprint density at radius 3 is 2.92 bits per heavy atom. The summed E-state index contributed by atoms with van der Waals surface area (Å²) in [7, 11) is 0. The first kappa shape index (κ1) is 7.74. The van der Waals surface area contributed by atoms with Crippen molar-refractivity contribution >= 4 is 17.4 Å². The van der Waals surface area contributed by atoms with Crippen molar-refractivity contribution in [3.8, 4) is 0 Å². The summed E-state index contributed by atoms with van der Waals surface area (Å²) in [5.74, 6) is 0. The highest BCUT2D eigenvalue weighted by molar-refractivity contribution is 8.05. The van der Waals surface area contributed by atoms with E-state index in [9.17, 15) is 0 Å². The zero-order chi connectivity index (χ0) is 8.39. The molecule has 0 unspecified atom stereocenters. The molecule has 0 spiro atoms. The molecule has 61 valence electrons. The van der Waals surface area contributed by atoms with E-state index in [-0.39, 0.29) is 0 Å². The molecule has 2 heteroatoms. The van der Waals surface area contributed by atoms with Crippen molar-refractivity contribution in [2.75, 3.05) is 5.73 Å². The molecule has 0 bridgehead atoms. The van der Waals surface area contributed by atoms with Crippen LogP contribution in [0.25, 0.3) is 0 Å². The summed E-state index contributed by atoms with van der Waals surface area (Å²) in [5.41, 5.74) is 7.78. The zero-order valence-corrected chi connectivity index (χ0v) is 7.47. The number of benzene rings is 1. The molecule has 1 heterocycles. The Morgan fingerprint density at radius 2 is 2.25 bits per heavy atom. The van der Waals surface area contributed by atoms with Gasteiger partial charge in [0.2, 0.25) is 0 Å². The number of rotatable bonds is 1. The topological polar surface area (TPSA) is 26.0 Å². The summed E-state index contributed by atoms with van der Waals surface area (Å²) in [6, 6.07) is 8.04. The van der Waals surface area contributed by atoms with Crippen LogP contribution in [0.3, 0.4) is 0 Å². The van der Waals surface area contributed by atoms with Gasteiger partial charge in [-0.15, -0.1) is 11.8 Å². The van der Waals surface area contributed by atoms with Gasteiger partial charge in [-0.1, -0.05) is 18.2 Å². The Kier molecular flexibility index (Phi) is 2.09. The highest BCUT2D eigenvalue weighted by Crippen LogP contribution is 2.37. The minimum Gasteiger partial charge on any atom is -0.399 e. The molecule has 1 aromatic rings. The maximum absolute atomic E-state index is 5.68. The minimum absolute atomic E-state index is 0.840. The number of hydrogen-bond donors (Lipinski definition) is 1. The summed E-state index contributed by atoms with van der Waals surface area (Å²) in [4.78, 5) is 0. The SMILES string of the molecule is Nc1cccc([C]2CC=CS2)c1. The van der Waals surface area contributed by atoms with Crippen LogP contribution in [0.15, 0.2) is 35.7 Å². The number of allylic oxidation sites excluding steroid dienone is 1. The summed E-state index contributed by atoms with van der Waals surface area (Å²) in [5, 5.41) is 3.51. The van der Waals surface area contributed by atoms with Crippen molar-refractivity contribution in [2.45, 2.75) is 6.42 Å². The lowest BCUT2D eigenvalue weighted by Crippen LogP contribution is -1.92. The molecule has 0 saturated carbocycles. The zero-order valence-electron chi connectivity index (χ0n) is 6.66. The monoisotopic (exact) mass is 176 g/mol. The fourth-order valence-electron chi connectivity index (χ4n) is 1.23. The van der Waals surface area contributed by atoms with Gasteiger partial charge in [-0.3, -0.25) is 0 Å². The molecule has 0 aliphatic carbocycles. The molecule has 1 aromatic carbocycles. The summed E-state index contributed by atoms with van der Waals surface area (Å²) >= 11 is 1.78. The van der Waals surface area contributed by atoms with E-state index in [0.29, 0.717) is 0 Å². The summed E-state index contributed by atoms with van der Waals surface area (Å²) in [6.07, 6.45) is 3.22. The van der Waals surface area contributed by atoms with Gasteiger partial charge in [0.1, 0.15) is 0 Å². The number of anilines is 1. The second-order valence-corrected chi connectivity index (χ2v) is 3.74. The predicted molar refractivity (Wildman–Crippen MR) is 54.5 cm³/mol. The van der Waals surface area contributed by atoms with E-state index in [1.54, 1.807) is 11.8 Å². The normalized spacial score (nSPS) is 17.0. The van der Waals surface area contributed by atoms with Crippen LogP contribution < -0.4 is 5.73 Å². The van der Waals surface area contributed by atoms with Crippen molar-refractivity contribution < 1.29 is 0 Å². The van der Waals surface area contributed by atoms with Gasteiger partial charge >= 0.3 is 0 Å². The molecule has 0 saturated heterocycles. The Morgan fingerprint density at radius 1 is 1.33 bits per heavy atom. The molecule has 1 aliphatic rings. The van der Waals surface area contributed by atoms with Crippen molar-refractivity contribution in [1.82, 2.24) is 0 Å². The van der Waals surface area contributed by atoms with E-state index < -0.39 is 0 Å². The quantitative estimate of drug-likeness (QED) is 0.666. The Balaban J connectivity index is 2.22. The predicted octanol–water partition coefficient (Wildman–Crippen LogP) is 2.80. The third-order valence-electron chi connectivity index (χ3n) is 1.82. The van der Waals surface area contributed by atoms with Crippen LogP contribution in [-0.2, 0) is 0 Å². The Hall–Kier alpha value is -0.890. The van der Waals surface area contributed by atoms with E-state index in [1.165, 1.54) is 10.8 Å². The van der Waals surface area contributed by atoms with Crippen LogP contribution in [0.5, 0.6) is 0 Å². The summed E-state index contributed by atoms with van der Waals surface area (Å²) in [6.45, 7) is 0. The largest absolute Gasteiger partial charge is 0.399 e. The smallest absolute Gasteiger partial charge is 0.0678 e. The molecular formula is C10H10NS. The molecule has 1 aliphatic heterocycles. The lowest BCUT2D eigenvalue weighted by Gasteiger charge is -2.07. The molecule has 0 fully saturated rings. The van der Waals surface area contributed by atoms with Crippen LogP contribution in [0.4, 0.5) is 5.69 Å². The van der Waals surface area contributed by atoms with Gasteiger partial charge in [0, 0.05) is 5.69 Å². The van der Waals surface area contributed by atoms with Gasteiger partial charge < -0.3 is 5.73 Å². The fraction of sp³-hybridized carbons (Fsp3) is 0.100. The van der Waals surface area contributed by atoms with Crippen molar-refractivity contribution in [2.24, 2.45) is 0 Å². The van der Waals surface area contributed by atoms with Crippen molar-refractivity contribution in [3.05, 3.63) is 46.6 Å². The molecule has 0 aromatic heterocycles.